The van der Waals surface area contributed by atoms with Gasteiger partial charge in [0.05, 0.1) is 27.3 Å². The van der Waals surface area contributed by atoms with Crippen molar-refractivity contribution >= 4 is 34.1 Å². The molecule has 1 aliphatic rings. The molecular formula is C17H19N3O5S. The zero-order chi connectivity index (χ0) is 18.5. The van der Waals surface area contributed by atoms with Gasteiger partial charge in [0.2, 0.25) is 0 Å². The average Bonchev–Trinajstić information content (AvgIpc) is 3.29. The van der Waals surface area contributed by atoms with Crippen molar-refractivity contribution in [3.8, 4) is 11.5 Å². The van der Waals surface area contributed by atoms with E-state index in [0.717, 1.165) is 5.00 Å². The summed E-state index contributed by atoms with van der Waals surface area (Å²) in [5.41, 5.74) is 0.559. The fourth-order valence-electron chi connectivity index (χ4n) is 2.53. The number of anilines is 2. The maximum atomic E-state index is 12.1. The third-order valence-electron chi connectivity index (χ3n) is 3.78. The summed E-state index contributed by atoms with van der Waals surface area (Å²) in [5, 5.41) is 8.13. The van der Waals surface area contributed by atoms with E-state index in [4.69, 9.17) is 14.2 Å². The molecule has 0 aliphatic carbocycles. The Hall–Kier alpha value is -2.94. The smallest absolute Gasteiger partial charge is 0.415 e. The van der Waals surface area contributed by atoms with E-state index in [1.807, 2.05) is 17.5 Å². The van der Waals surface area contributed by atoms with Gasteiger partial charge in [0.15, 0.2) is 11.5 Å². The first-order valence-electron chi connectivity index (χ1n) is 7.89. The van der Waals surface area contributed by atoms with Crippen LogP contribution >= 0.6 is 11.3 Å². The predicted molar refractivity (Wildman–Crippen MR) is 98.5 cm³/mol. The number of cyclic esters (lactones) is 1. The van der Waals surface area contributed by atoms with Crippen LogP contribution in [0.4, 0.5) is 20.3 Å². The first-order chi connectivity index (χ1) is 12.6. The fourth-order valence-corrected chi connectivity index (χ4v) is 3.26. The second-order valence-electron chi connectivity index (χ2n) is 5.47. The lowest BCUT2D eigenvalue weighted by Crippen LogP contribution is -2.37. The number of hydrogen-bond donors (Lipinski definition) is 2. The summed E-state index contributed by atoms with van der Waals surface area (Å²) in [6.07, 6.45) is -0.805. The summed E-state index contributed by atoms with van der Waals surface area (Å²) < 4.78 is 15.6. The first kappa shape index (κ1) is 17.9. The number of thiophene rings is 1. The van der Waals surface area contributed by atoms with Gasteiger partial charge in [-0.1, -0.05) is 0 Å². The minimum atomic E-state index is -0.403. The van der Waals surface area contributed by atoms with Gasteiger partial charge < -0.3 is 24.8 Å². The third-order valence-corrected chi connectivity index (χ3v) is 4.67. The number of nitrogens with one attached hydrogen (secondary N) is 2. The molecule has 1 atom stereocenters. The maximum Gasteiger partial charge on any atom is 0.415 e. The van der Waals surface area contributed by atoms with Gasteiger partial charge in [-0.25, -0.2) is 9.59 Å². The van der Waals surface area contributed by atoms with Gasteiger partial charge >= 0.3 is 12.1 Å². The van der Waals surface area contributed by atoms with Gasteiger partial charge in [-0.3, -0.25) is 4.90 Å². The summed E-state index contributed by atoms with van der Waals surface area (Å²) in [6, 6.07) is 8.39. The summed E-state index contributed by atoms with van der Waals surface area (Å²) in [6.45, 7) is 0.614. The van der Waals surface area contributed by atoms with Crippen LogP contribution in [-0.2, 0) is 4.74 Å². The molecular weight excluding hydrogens is 358 g/mol. The Balaban J connectivity index is 1.51. The third kappa shape index (κ3) is 3.99. The van der Waals surface area contributed by atoms with Crippen molar-refractivity contribution in [2.45, 2.75) is 6.10 Å². The Morgan fingerprint density at radius 2 is 2.12 bits per heavy atom. The topological polar surface area (TPSA) is 89.1 Å². The molecule has 2 N–H and O–H groups in total. The lowest BCUT2D eigenvalue weighted by molar-refractivity contribution is 0.141. The van der Waals surface area contributed by atoms with E-state index < -0.39 is 18.2 Å². The number of ether oxygens (including phenoxy) is 3. The van der Waals surface area contributed by atoms with Crippen LogP contribution in [0, 0.1) is 0 Å². The highest BCUT2D eigenvalue weighted by atomic mass is 32.1. The monoisotopic (exact) mass is 377 g/mol. The molecule has 1 fully saturated rings. The number of amides is 3. The Bertz CT molecular complexity index is 781. The number of carbonyl (C=O) groups is 2. The number of rotatable bonds is 6. The summed E-state index contributed by atoms with van der Waals surface area (Å²) >= 11 is 1.46. The fraction of sp³-hybridized carbons (Fsp3) is 0.294. The average molecular weight is 377 g/mol. The molecule has 0 bridgehead atoms. The van der Waals surface area contributed by atoms with Crippen molar-refractivity contribution in [2.75, 3.05) is 37.5 Å². The van der Waals surface area contributed by atoms with Crippen molar-refractivity contribution in [3.05, 3.63) is 35.7 Å². The molecule has 1 aromatic carbocycles. The molecule has 0 spiro atoms. The van der Waals surface area contributed by atoms with Gasteiger partial charge in [0.25, 0.3) is 0 Å². The van der Waals surface area contributed by atoms with Crippen LogP contribution in [0.2, 0.25) is 0 Å². The van der Waals surface area contributed by atoms with Gasteiger partial charge in [-0.15, -0.1) is 11.3 Å². The highest BCUT2D eigenvalue weighted by molar-refractivity contribution is 7.14. The van der Waals surface area contributed by atoms with Crippen LogP contribution in [0.25, 0.3) is 0 Å². The van der Waals surface area contributed by atoms with E-state index in [-0.39, 0.29) is 6.54 Å². The highest BCUT2D eigenvalue weighted by Gasteiger charge is 2.32. The van der Waals surface area contributed by atoms with Crippen LogP contribution in [-0.4, -0.2) is 45.5 Å². The summed E-state index contributed by atoms with van der Waals surface area (Å²) in [4.78, 5) is 25.5. The maximum absolute atomic E-state index is 12.1. The van der Waals surface area contributed by atoms with E-state index in [2.05, 4.69) is 10.6 Å². The number of methoxy groups -OCH3 is 2. The lowest BCUT2D eigenvalue weighted by Gasteiger charge is -2.13. The van der Waals surface area contributed by atoms with Gasteiger partial charge in [0, 0.05) is 11.8 Å². The molecule has 2 aromatic rings. The largest absolute Gasteiger partial charge is 0.493 e. The number of nitrogens with zero attached hydrogens (tertiary/aromatic N) is 1. The zero-order valence-electron chi connectivity index (χ0n) is 14.4. The molecule has 2 heterocycles. The van der Waals surface area contributed by atoms with E-state index in [1.54, 1.807) is 30.2 Å². The highest BCUT2D eigenvalue weighted by Crippen LogP contribution is 2.29. The minimum absolute atomic E-state index is 0.215. The minimum Gasteiger partial charge on any atom is -0.493 e. The molecule has 138 valence electrons. The van der Waals surface area contributed by atoms with Crippen molar-refractivity contribution in [2.24, 2.45) is 0 Å². The van der Waals surface area contributed by atoms with Crippen molar-refractivity contribution in [3.63, 3.8) is 0 Å². The Kier molecular flexibility index (Phi) is 5.47. The molecule has 1 unspecified atom stereocenters. The van der Waals surface area contributed by atoms with Crippen LogP contribution in [0.1, 0.15) is 0 Å². The number of benzene rings is 1. The van der Waals surface area contributed by atoms with Crippen molar-refractivity contribution < 1.29 is 23.8 Å². The number of urea groups is 1. The van der Waals surface area contributed by atoms with Crippen LogP contribution in [0.15, 0.2) is 35.7 Å². The first-order valence-corrected chi connectivity index (χ1v) is 8.77. The molecule has 1 saturated heterocycles. The molecule has 1 aliphatic heterocycles. The molecule has 0 radical (unpaired) electrons. The Labute approximate surface area is 154 Å². The summed E-state index contributed by atoms with van der Waals surface area (Å²) in [7, 11) is 3.07. The van der Waals surface area contributed by atoms with E-state index >= 15 is 0 Å². The molecule has 3 rings (SSSR count). The van der Waals surface area contributed by atoms with E-state index in [1.165, 1.54) is 18.4 Å². The molecule has 1 aromatic heterocycles. The predicted octanol–water partition coefficient (Wildman–Crippen LogP) is 2.91. The van der Waals surface area contributed by atoms with Crippen LogP contribution in [0.3, 0.4) is 0 Å². The van der Waals surface area contributed by atoms with Crippen molar-refractivity contribution in [1.82, 2.24) is 5.32 Å². The normalized spacial score (nSPS) is 16.2. The number of hydrogen-bond acceptors (Lipinski definition) is 6. The van der Waals surface area contributed by atoms with Gasteiger partial charge in [0.1, 0.15) is 11.1 Å². The molecule has 8 nitrogen and oxygen atoms in total. The zero-order valence-corrected chi connectivity index (χ0v) is 15.2. The Morgan fingerprint density at radius 1 is 1.31 bits per heavy atom. The van der Waals surface area contributed by atoms with Crippen LogP contribution in [0.5, 0.6) is 11.5 Å². The van der Waals surface area contributed by atoms with E-state index in [0.29, 0.717) is 23.7 Å². The lowest BCUT2D eigenvalue weighted by atomic mass is 10.2. The van der Waals surface area contributed by atoms with Crippen LogP contribution < -0.4 is 25.0 Å². The quantitative estimate of drug-likeness (QED) is 0.808. The SMILES string of the molecule is COc1ccc(NC(=O)NCC2CN(c3cccs3)C(=O)O2)cc1OC. The van der Waals surface area contributed by atoms with E-state index in [9.17, 15) is 9.59 Å². The molecule has 0 saturated carbocycles. The second kappa shape index (κ2) is 7.96. The van der Waals surface area contributed by atoms with Gasteiger partial charge in [-0.2, -0.15) is 0 Å². The molecule has 9 heteroatoms. The second-order valence-corrected chi connectivity index (χ2v) is 6.40. The Morgan fingerprint density at radius 3 is 2.81 bits per heavy atom. The number of carbonyl (C=O) groups excluding carboxylic acids is 2. The summed E-state index contributed by atoms with van der Waals surface area (Å²) in [5.74, 6) is 1.09. The molecule has 3 amide bonds. The molecule has 26 heavy (non-hydrogen) atoms. The van der Waals surface area contributed by atoms with Gasteiger partial charge in [-0.05, 0) is 29.6 Å². The standard InChI is InChI=1S/C17H19N3O5S/c1-23-13-6-5-11(8-14(13)24-2)19-16(21)18-9-12-10-20(17(22)25-12)15-4-3-7-26-15/h3-8,12H,9-10H2,1-2H3,(H2,18,19,21). The van der Waals surface area contributed by atoms with Crippen molar-refractivity contribution in [1.29, 1.82) is 0 Å².